The lowest BCUT2D eigenvalue weighted by Gasteiger charge is -2.17. The van der Waals surface area contributed by atoms with Crippen molar-refractivity contribution in [3.63, 3.8) is 0 Å². The van der Waals surface area contributed by atoms with Crippen molar-refractivity contribution in [2.75, 3.05) is 0 Å². The largest absolute Gasteiger partial charge is 0.334 e. The first-order valence-corrected chi connectivity index (χ1v) is 9.07. The van der Waals surface area contributed by atoms with E-state index >= 15 is 0 Å². The summed E-state index contributed by atoms with van der Waals surface area (Å²) in [7, 11) is 0. The molecule has 0 fully saturated rings. The van der Waals surface area contributed by atoms with Crippen LogP contribution in [0.4, 0.5) is 4.79 Å². The first kappa shape index (κ1) is 17.0. The normalized spacial score (nSPS) is 12.0. The molecule has 2 amide bonds. The number of aromatic nitrogens is 1. The highest BCUT2D eigenvalue weighted by Crippen LogP contribution is 2.24. The Hall–Kier alpha value is -3.40. The third-order valence-electron chi connectivity index (χ3n) is 4.79. The molecule has 134 valence electrons. The van der Waals surface area contributed by atoms with Gasteiger partial charge in [0.2, 0.25) is 0 Å². The van der Waals surface area contributed by atoms with Crippen molar-refractivity contribution >= 4 is 27.7 Å². The molecule has 3 aromatic carbocycles. The van der Waals surface area contributed by atoms with E-state index in [1.54, 1.807) is 6.20 Å². The molecule has 2 N–H and O–H groups in total. The van der Waals surface area contributed by atoms with E-state index < -0.39 is 0 Å². The standard InChI is InChI=1S/C23H21N3O/c1-16(20-13-5-8-17-7-2-3-12-21(17)20)26-23(27)25-15-19-10-4-9-18-11-6-14-24-22(18)19/h2-14,16H,15H2,1H3,(H2,25,26,27)/t16-/m1/s1. The van der Waals surface area contributed by atoms with Crippen molar-refractivity contribution < 1.29 is 4.79 Å². The molecule has 4 rings (SSSR count). The minimum absolute atomic E-state index is 0.0956. The molecule has 0 aliphatic carbocycles. The molecule has 1 atom stereocenters. The molecule has 4 nitrogen and oxygen atoms in total. The molecule has 4 aromatic rings. The van der Waals surface area contributed by atoms with Crippen LogP contribution in [0.25, 0.3) is 21.7 Å². The summed E-state index contributed by atoms with van der Waals surface area (Å²) in [5.41, 5.74) is 3.03. The zero-order chi connectivity index (χ0) is 18.6. The van der Waals surface area contributed by atoms with Gasteiger partial charge in [-0.2, -0.15) is 0 Å². The van der Waals surface area contributed by atoms with Crippen LogP contribution in [0.2, 0.25) is 0 Å². The minimum atomic E-state index is -0.191. The van der Waals surface area contributed by atoms with Gasteiger partial charge in [-0.15, -0.1) is 0 Å². The number of rotatable bonds is 4. The maximum Gasteiger partial charge on any atom is 0.315 e. The van der Waals surface area contributed by atoms with E-state index in [9.17, 15) is 4.79 Å². The van der Waals surface area contributed by atoms with Gasteiger partial charge in [0.15, 0.2) is 0 Å². The number of amides is 2. The summed E-state index contributed by atoms with van der Waals surface area (Å²) >= 11 is 0. The van der Waals surface area contributed by atoms with Crippen LogP contribution in [-0.2, 0) is 6.54 Å². The SMILES string of the molecule is C[C@@H](NC(=O)NCc1cccc2cccnc12)c1cccc2ccccc12. The second-order valence-corrected chi connectivity index (χ2v) is 6.61. The van der Waals surface area contributed by atoms with Gasteiger partial charge >= 0.3 is 6.03 Å². The van der Waals surface area contributed by atoms with Gasteiger partial charge in [-0.25, -0.2) is 4.79 Å². The van der Waals surface area contributed by atoms with Crippen molar-refractivity contribution in [1.29, 1.82) is 0 Å². The van der Waals surface area contributed by atoms with Gasteiger partial charge < -0.3 is 10.6 Å². The number of carbonyl (C=O) groups is 1. The third kappa shape index (κ3) is 3.60. The summed E-state index contributed by atoms with van der Waals surface area (Å²) in [6, 6.07) is 24.0. The van der Waals surface area contributed by atoms with E-state index in [1.165, 1.54) is 5.39 Å². The number of hydrogen-bond acceptors (Lipinski definition) is 2. The second-order valence-electron chi connectivity index (χ2n) is 6.61. The van der Waals surface area contributed by atoms with Crippen LogP contribution in [0.1, 0.15) is 24.1 Å². The highest BCUT2D eigenvalue weighted by atomic mass is 16.2. The molecule has 1 heterocycles. The number of fused-ring (bicyclic) bond motifs is 2. The first-order chi connectivity index (χ1) is 13.2. The first-order valence-electron chi connectivity index (χ1n) is 9.07. The Morgan fingerprint density at radius 1 is 0.926 bits per heavy atom. The lowest BCUT2D eigenvalue weighted by molar-refractivity contribution is 0.237. The van der Waals surface area contributed by atoms with Crippen LogP contribution in [0.5, 0.6) is 0 Å². The highest BCUT2D eigenvalue weighted by molar-refractivity contribution is 5.87. The number of para-hydroxylation sites is 1. The summed E-state index contributed by atoms with van der Waals surface area (Å²) < 4.78 is 0. The lowest BCUT2D eigenvalue weighted by atomic mass is 10.00. The van der Waals surface area contributed by atoms with Crippen LogP contribution in [0, 0.1) is 0 Å². The van der Waals surface area contributed by atoms with E-state index in [0.717, 1.165) is 27.4 Å². The van der Waals surface area contributed by atoms with Crippen molar-refractivity contribution in [2.45, 2.75) is 19.5 Å². The van der Waals surface area contributed by atoms with Gasteiger partial charge in [-0.05, 0) is 34.9 Å². The Balaban J connectivity index is 1.46. The van der Waals surface area contributed by atoms with Crippen LogP contribution >= 0.6 is 0 Å². The number of carbonyl (C=O) groups excluding carboxylic acids is 1. The van der Waals surface area contributed by atoms with E-state index in [2.05, 4.69) is 39.9 Å². The van der Waals surface area contributed by atoms with Gasteiger partial charge in [-0.3, -0.25) is 4.98 Å². The maximum absolute atomic E-state index is 12.4. The van der Waals surface area contributed by atoms with Crippen molar-refractivity contribution in [1.82, 2.24) is 15.6 Å². The van der Waals surface area contributed by atoms with Crippen molar-refractivity contribution in [3.05, 3.63) is 90.1 Å². The van der Waals surface area contributed by atoms with E-state index in [0.29, 0.717) is 6.54 Å². The molecule has 0 radical (unpaired) electrons. The second kappa shape index (κ2) is 7.46. The Kier molecular flexibility index (Phi) is 4.71. The van der Waals surface area contributed by atoms with E-state index in [-0.39, 0.29) is 12.1 Å². The fourth-order valence-electron chi connectivity index (χ4n) is 3.44. The number of nitrogens with zero attached hydrogens (tertiary/aromatic N) is 1. The molecule has 0 aliphatic heterocycles. The van der Waals surface area contributed by atoms with Gasteiger partial charge in [0.1, 0.15) is 0 Å². The molecule has 27 heavy (non-hydrogen) atoms. The fourth-order valence-corrected chi connectivity index (χ4v) is 3.44. The molecular weight excluding hydrogens is 334 g/mol. The third-order valence-corrected chi connectivity index (χ3v) is 4.79. The zero-order valence-corrected chi connectivity index (χ0v) is 15.1. The minimum Gasteiger partial charge on any atom is -0.334 e. The monoisotopic (exact) mass is 355 g/mol. The molecule has 1 aromatic heterocycles. The van der Waals surface area contributed by atoms with Gasteiger partial charge in [0.25, 0.3) is 0 Å². The molecule has 0 spiro atoms. The Morgan fingerprint density at radius 2 is 1.67 bits per heavy atom. The average Bonchev–Trinajstić information content (AvgIpc) is 2.71. The number of benzene rings is 3. The quantitative estimate of drug-likeness (QED) is 0.544. The number of hydrogen-bond donors (Lipinski definition) is 2. The van der Waals surface area contributed by atoms with Crippen LogP contribution in [-0.4, -0.2) is 11.0 Å². The summed E-state index contributed by atoms with van der Waals surface area (Å²) in [6.45, 7) is 2.43. The Labute approximate surface area is 158 Å². The molecule has 0 bridgehead atoms. The maximum atomic E-state index is 12.4. The van der Waals surface area contributed by atoms with Crippen molar-refractivity contribution in [2.24, 2.45) is 0 Å². The number of urea groups is 1. The summed E-state index contributed by atoms with van der Waals surface area (Å²) in [6.07, 6.45) is 1.77. The Morgan fingerprint density at radius 3 is 2.59 bits per heavy atom. The van der Waals surface area contributed by atoms with Gasteiger partial charge in [0, 0.05) is 18.1 Å². The topological polar surface area (TPSA) is 54.0 Å². The van der Waals surface area contributed by atoms with E-state index in [4.69, 9.17) is 0 Å². The number of nitrogens with one attached hydrogen (secondary N) is 2. The smallest absolute Gasteiger partial charge is 0.315 e. The fraction of sp³-hybridized carbons (Fsp3) is 0.130. The molecule has 0 unspecified atom stereocenters. The molecule has 4 heteroatoms. The van der Waals surface area contributed by atoms with Crippen LogP contribution < -0.4 is 10.6 Å². The van der Waals surface area contributed by atoms with Crippen LogP contribution in [0.15, 0.2) is 79.0 Å². The summed E-state index contributed by atoms with van der Waals surface area (Å²) in [5, 5.41) is 9.39. The van der Waals surface area contributed by atoms with Crippen molar-refractivity contribution in [3.8, 4) is 0 Å². The van der Waals surface area contributed by atoms with Gasteiger partial charge in [-0.1, -0.05) is 66.7 Å². The molecule has 0 saturated carbocycles. The van der Waals surface area contributed by atoms with Crippen LogP contribution in [0.3, 0.4) is 0 Å². The Bertz CT molecular complexity index is 1100. The summed E-state index contributed by atoms with van der Waals surface area (Å²) in [5.74, 6) is 0. The number of pyridine rings is 1. The van der Waals surface area contributed by atoms with Gasteiger partial charge in [0.05, 0.1) is 11.6 Å². The predicted molar refractivity (Wildman–Crippen MR) is 109 cm³/mol. The molecular formula is C23H21N3O. The average molecular weight is 355 g/mol. The van der Waals surface area contributed by atoms with E-state index in [1.807, 2.05) is 55.5 Å². The lowest BCUT2D eigenvalue weighted by Crippen LogP contribution is -2.36. The predicted octanol–water partition coefficient (Wildman–Crippen LogP) is 4.95. The highest BCUT2D eigenvalue weighted by Gasteiger charge is 2.12. The molecule has 0 aliphatic rings. The zero-order valence-electron chi connectivity index (χ0n) is 15.1. The summed E-state index contributed by atoms with van der Waals surface area (Å²) in [4.78, 5) is 16.9. The molecule has 0 saturated heterocycles.